The van der Waals surface area contributed by atoms with Gasteiger partial charge in [0.05, 0.1) is 6.54 Å². The molecule has 0 aliphatic heterocycles. The van der Waals surface area contributed by atoms with Gasteiger partial charge in [-0.25, -0.2) is 0 Å². The Balaban J connectivity index is 1.56. The number of carbonyl (C=O) groups excluding carboxylic acids is 2. The summed E-state index contributed by atoms with van der Waals surface area (Å²) < 4.78 is 5.71. The number of hydrogen-bond donors (Lipinski definition) is 3. The number of nitrogens with one attached hydrogen (secondary N) is 2. The minimum atomic E-state index is -1.25. The molecule has 3 N–H and O–H groups in total. The second-order valence-electron chi connectivity index (χ2n) is 6.37. The van der Waals surface area contributed by atoms with E-state index in [1.54, 1.807) is 42.6 Å². The van der Waals surface area contributed by atoms with Crippen LogP contribution in [0.5, 0.6) is 11.5 Å². The van der Waals surface area contributed by atoms with Crippen LogP contribution in [-0.2, 0) is 15.2 Å². The van der Waals surface area contributed by atoms with Crippen molar-refractivity contribution in [2.45, 2.75) is 12.5 Å². The maximum absolute atomic E-state index is 12.1. The van der Waals surface area contributed by atoms with Gasteiger partial charge < -0.3 is 20.5 Å². The van der Waals surface area contributed by atoms with Gasteiger partial charge in [0.2, 0.25) is 0 Å². The van der Waals surface area contributed by atoms with Gasteiger partial charge in [-0.2, -0.15) is 11.3 Å². The third kappa shape index (κ3) is 5.18. The fraction of sp³-hybridized carbons (Fsp3) is 0.143. The summed E-state index contributed by atoms with van der Waals surface area (Å²) in [5.74, 6) is -0.452. The highest BCUT2D eigenvalue weighted by atomic mass is 32.1. The van der Waals surface area contributed by atoms with Gasteiger partial charge >= 0.3 is 11.8 Å². The van der Waals surface area contributed by atoms with Crippen LogP contribution >= 0.6 is 11.3 Å². The lowest BCUT2D eigenvalue weighted by Crippen LogP contribution is -2.43. The van der Waals surface area contributed by atoms with Crippen molar-refractivity contribution in [1.29, 1.82) is 0 Å². The van der Waals surface area contributed by atoms with Crippen LogP contribution in [0.25, 0.3) is 0 Å². The van der Waals surface area contributed by atoms with Crippen molar-refractivity contribution < 1.29 is 19.4 Å². The zero-order valence-corrected chi connectivity index (χ0v) is 16.0. The van der Waals surface area contributed by atoms with Crippen molar-refractivity contribution >= 4 is 28.8 Å². The van der Waals surface area contributed by atoms with Crippen LogP contribution in [0.2, 0.25) is 0 Å². The van der Waals surface area contributed by atoms with E-state index in [-0.39, 0.29) is 6.54 Å². The summed E-state index contributed by atoms with van der Waals surface area (Å²) in [5.41, 5.74) is -0.138. The molecular formula is C21H20N2O4S. The molecule has 0 spiro atoms. The number of benzene rings is 2. The molecule has 28 heavy (non-hydrogen) atoms. The van der Waals surface area contributed by atoms with E-state index in [2.05, 4.69) is 10.6 Å². The number of rotatable bonds is 6. The normalized spacial score (nSPS) is 12.6. The van der Waals surface area contributed by atoms with Gasteiger partial charge in [0, 0.05) is 11.8 Å². The topological polar surface area (TPSA) is 87.7 Å². The van der Waals surface area contributed by atoms with Crippen molar-refractivity contribution in [2.75, 3.05) is 11.9 Å². The lowest BCUT2D eigenvalue weighted by atomic mass is 9.99. The summed E-state index contributed by atoms with van der Waals surface area (Å²) in [7, 11) is 0. The highest BCUT2D eigenvalue weighted by molar-refractivity contribution is 7.08. The van der Waals surface area contributed by atoms with Crippen LogP contribution in [-0.4, -0.2) is 23.5 Å². The van der Waals surface area contributed by atoms with Crippen LogP contribution in [0.4, 0.5) is 5.69 Å². The van der Waals surface area contributed by atoms with E-state index in [0.29, 0.717) is 22.7 Å². The molecular weight excluding hydrogens is 376 g/mol. The second kappa shape index (κ2) is 8.69. The minimum absolute atomic E-state index is 0.0762. The van der Waals surface area contributed by atoms with Gasteiger partial charge in [-0.1, -0.05) is 24.3 Å². The Morgan fingerprint density at radius 3 is 2.50 bits per heavy atom. The zero-order chi connectivity index (χ0) is 20.0. The monoisotopic (exact) mass is 396 g/mol. The molecule has 0 bridgehead atoms. The van der Waals surface area contributed by atoms with Crippen LogP contribution < -0.4 is 15.4 Å². The molecule has 0 aliphatic rings. The maximum Gasteiger partial charge on any atom is 0.313 e. The van der Waals surface area contributed by atoms with Crippen LogP contribution in [0.15, 0.2) is 71.4 Å². The summed E-state index contributed by atoms with van der Waals surface area (Å²) in [4.78, 5) is 24.2. The third-order valence-electron chi connectivity index (χ3n) is 4.01. The minimum Gasteiger partial charge on any atom is -0.457 e. The van der Waals surface area contributed by atoms with Crippen molar-refractivity contribution in [2.24, 2.45) is 0 Å². The third-order valence-corrected chi connectivity index (χ3v) is 4.70. The fourth-order valence-corrected chi connectivity index (χ4v) is 3.24. The molecule has 0 aliphatic carbocycles. The number of anilines is 1. The number of aliphatic hydroxyl groups is 1. The first-order valence-electron chi connectivity index (χ1n) is 8.61. The molecule has 0 fully saturated rings. The lowest BCUT2D eigenvalue weighted by molar-refractivity contribution is -0.136. The molecule has 0 unspecified atom stereocenters. The zero-order valence-electron chi connectivity index (χ0n) is 15.2. The van der Waals surface area contributed by atoms with Gasteiger partial charge in [0.25, 0.3) is 0 Å². The molecule has 144 valence electrons. The Kier molecular flexibility index (Phi) is 6.08. The van der Waals surface area contributed by atoms with Gasteiger partial charge in [-0.05, 0) is 53.6 Å². The van der Waals surface area contributed by atoms with Crippen LogP contribution in [0.1, 0.15) is 12.5 Å². The van der Waals surface area contributed by atoms with Crippen LogP contribution in [0, 0.1) is 0 Å². The molecule has 0 saturated carbocycles. The molecule has 1 aromatic heterocycles. The number of ether oxygens (including phenoxy) is 1. The number of amides is 2. The van der Waals surface area contributed by atoms with Crippen molar-refractivity contribution in [3.63, 3.8) is 0 Å². The summed E-state index contributed by atoms with van der Waals surface area (Å²) >= 11 is 1.45. The number of carbonyl (C=O) groups is 2. The Hall–Kier alpha value is -3.16. The SMILES string of the molecule is C[C@@](O)(CNC(=O)C(=O)Nc1cccc(Oc2ccccc2)c1)c1ccsc1. The first-order chi connectivity index (χ1) is 13.4. The summed E-state index contributed by atoms with van der Waals surface area (Å²) in [6.45, 7) is 1.50. The summed E-state index contributed by atoms with van der Waals surface area (Å²) in [6, 6.07) is 17.8. The fourth-order valence-electron chi connectivity index (χ4n) is 2.46. The van der Waals surface area contributed by atoms with E-state index >= 15 is 0 Å². The van der Waals surface area contributed by atoms with Crippen molar-refractivity contribution in [3.8, 4) is 11.5 Å². The van der Waals surface area contributed by atoms with E-state index in [0.717, 1.165) is 0 Å². The number of hydrogen-bond acceptors (Lipinski definition) is 5. The van der Waals surface area contributed by atoms with E-state index in [9.17, 15) is 14.7 Å². The Morgan fingerprint density at radius 1 is 1.04 bits per heavy atom. The number of thiophene rings is 1. The van der Waals surface area contributed by atoms with Crippen molar-refractivity contribution in [3.05, 3.63) is 77.0 Å². The molecule has 3 rings (SSSR count). The van der Waals surface area contributed by atoms with E-state index in [1.807, 2.05) is 35.7 Å². The molecule has 7 heteroatoms. The highest BCUT2D eigenvalue weighted by Gasteiger charge is 2.25. The molecule has 0 saturated heterocycles. The molecule has 3 aromatic rings. The molecule has 1 atom stereocenters. The molecule has 2 amide bonds. The van der Waals surface area contributed by atoms with Crippen LogP contribution in [0.3, 0.4) is 0 Å². The second-order valence-corrected chi connectivity index (χ2v) is 7.15. The lowest BCUT2D eigenvalue weighted by Gasteiger charge is -2.22. The average molecular weight is 396 g/mol. The molecule has 0 radical (unpaired) electrons. The van der Waals surface area contributed by atoms with Gasteiger partial charge in [0.15, 0.2) is 0 Å². The molecule has 2 aromatic carbocycles. The van der Waals surface area contributed by atoms with E-state index in [4.69, 9.17) is 4.74 Å². The van der Waals surface area contributed by atoms with E-state index < -0.39 is 17.4 Å². The predicted octanol–water partition coefficient (Wildman–Crippen LogP) is 3.50. The largest absolute Gasteiger partial charge is 0.457 e. The quantitative estimate of drug-likeness (QED) is 0.557. The first-order valence-corrected chi connectivity index (χ1v) is 9.55. The Labute approximate surface area is 166 Å². The maximum atomic E-state index is 12.1. The number of para-hydroxylation sites is 1. The smallest absolute Gasteiger partial charge is 0.313 e. The standard InChI is InChI=1S/C21H20N2O4S/c1-21(26,15-10-11-28-13-15)14-22-19(24)20(25)23-16-6-5-9-18(12-16)27-17-7-3-2-4-8-17/h2-13,26H,14H2,1H3,(H,22,24)(H,23,25)/t21-/m1/s1. The highest BCUT2D eigenvalue weighted by Crippen LogP contribution is 2.24. The van der Waals surface area contributed by atoms with Gasteiger partial charge in [-0.15, -0.1) is 0 Å². The summed E-state index contributed by atoms with van der Waals surface area (Å²) in [6.07, 6.45) is 0. The average Bonchev–Trinajstić information content (AvgIpc) is 3.23. The van der Waals surface area contributed by atoms with Crippen molar-refractivity contribution in [1.82, 2.24) is 5.32 Å². The predicted molar refractivity (Wildman–Crippen MR) is 108 cm³/mol. The Bertz CT molecular complexity index is 940. The molecule has 6 nitrogen and oxygen atoms in total. The van der Waals surface area contributed by atoms with Gasteiger partial charge in [0.1, 0.15) is 17.1 Å². The first kappa shape index (κ1) is 19.6. The van der Waals surface area contributed by atoms with E-state index in [1.165, 1.54) is 11.3 Å². The Morgan fingerprint density at radius 2 is 1.79 bits per heavy atom. The summed E-state index contributed by atoms with van der Waals surface area (Å²) in [5, 5.41) is 19.0. The molecule has 1 heterocycles. The van der Waals surface area contributed by atoms with Gasteiger partial charge in [-0.3, -0.25) is 9.59 Å².